The highest BCUT2D eigenvalue weighted by Crippen LogP contribution is 2.03. The molecule has 0 aliphatic rings. The van der Waals surface area contributed by atoms with E-state index in [1.165, 1.54) is 0 Å². The number of aromatic nitrogens is 3. The minimum Gasteiger partial charge on any atom is -0.396 e. The molecule has 2 N–H and O–H groups in total. The molecule has 0 atom stereocenters. The number of hydrogen-bond donors (Lipinski definition) is 2. The second-order valence-corrected chi connectivity index (χ2v) is 2.94. The zero-order valence-electron chi connectivity index (χ0n) is 7.72. The number of rotatable bonds is 4. The van der Waals surface area contributed by atoms with Gasteiger partial charge in [-0.25, -0.2) is 4.52 Å². The summed E-state index contributed by atoms with van der Waals surface area (Å²) in [6, 6.07) is 5.71. The molecule has 0 fully saturated rings. The molecule has 0 saturated carbocycles. The molecule has 2 aromatic rings. The lowest BCUT2D eigenvalue weighted by Gasteiger charge is -1.96. The Bertz CT molecular complexity index is 379. The first-order chi connectivity index (χ1) is 6.90. The highest BCUT2D eigenvalue weighted by atomic mass is 16.3. The van der Waals surface area contributed by atoms with E-state index < -0.39 is 0 Å². The number of aliphatic hydroxyl groups excluding tert-OH is 1. The molecular weight excluding hydrogens is 180 g/mol. The number of anilines is 1. The number of nitrogens with one attached hydrogen (secondary N) is 1. The summed E-state index contributed by atoms with van der Waals surface area (Å²) in [7, 11) is 0. The fourth-order valence-corrected chi connectivity index (χ4v) is 1.19. The average Bonchev–Trinajstić information content (AvgIpc) is 2.60. The second-order valence-electron chi connectivity index (χ2n) is 2.94. The Hall–Kier alpha value is -1.62. The molecule has 2 rings (SSSR count). The minimum atomic E-state index is 0.181. The van der Waals surface area contributed by atoms with Gasteiger partial charge in [0, 0.05) is 19.3 Å². The van der Waals surface area contributed by atoms with Crippen LogP contribution in [0.2, 0.25) is 0 Å². The number of nitrogens with zero attached hydrogens (tertiary/aromatic N) is 3. The van der Waals surface area contributed by atoms with E-state index in [2.05, 4.69) is 15.4 Å². The van der Waals surface area contributed by atoms with Gasteiger partial charge in [0.15, 0.2) is 5.65 Å². The van der Waals surface area contributed by atoms with E-state index in [1.54, 1.807) is 4.52 Å². The first-order valence-electron chi connectivity index (χ1n) is 4.56. The van der Waals surface area contributed by atoms with Gasteiger partial charge in [0.2, 0.25) is 5.95 Å². The fraction of sp³-hybridized carbons (Fsp3) is 0.333. The lowest BCUT2D eigenvalue weighted by molar-refractivity contribution is 0.292. The van der Waals surface area contributed by atoms with Crippen molar-refractivity contribution < 1.29 is 5.11 Å². The molecule has 0 aliphatic heterocycles. The van der Waals surface area contributed by atoms with Crippen LogP contribution < -0.4 is 5.32 Å². The lowest BCUT2D eigenvalue weighted by atomic mass is 10.4. The number of fused-ring (bicyclic) bond motifs is 1. The molecule has 0 unspecified atom stereocenters. The largest absolute Gasteiger partial charge is 0.396 e. The van der Waals surface area contributed by atoms with Crippen LogP contribution in [-0.4, -0.2) is 32.9 Å². The maximum absolute atomic E-state index is 8.60. The Kier molecular flexibility index (Phi) is 2.60. The van der Waals surface area contributed by atoms with Crippen LogP contribution in [0, 0.1) is 0 Å². The molecule has 0 radical (unpaired) electrons. The van der Waals surface area contributed by atoms with E-state index in [9.17, 15) is 0 Å². The number of aliphatic hydroxyl groups is 1. The summed E-state index contributed by atoms with van der Waals surface area (Å²) >= 11 is 0. The van der Waals surface area contributed by atoms with E-state index in [-0.39, 0.29) is 6.61 Å². The van der Waals surface area contributed by atoms with E-state index in [1.807, 2.05) is 24.4 Å². The standard InChI is InChI=1S/C9H12N4O/c14-7-3-5-10-9-11-8-4-1-2-6-13(8)12-9/h1-2,4,6,14H,3,5,7H2,(H,10,12). The van der Waals surface area contributed by atoms with Crippen LogP contribution >= 0.6 is 0 Å². The number of hydrogen-bond acceptors (Lipinski definition) is 4. The van der Waals surface area contributed by atoms with Crippen LogP contribution in [-0.2, 0) is 0 Å². The molecule has 0 bridgehead atoms. The van der Waals surface area contributed by atoms with Crippen molar-refractivity contribution in [3.63, 3.8) is 0 Å². The van der Waals surface area contributed by atoms with Crippen LogP contribution in [0.3, 0.4) is 0 Å². The van der Waals surface area contributed by atoms with Crippen molar-refractivity contribution in [2.24, 2.45) is 0 Å². The predicted octanol–water partition coefficient (Wildman–Crippen LogP) is 0.524. The average molecular weight is 192 g/mol. The van der Waals surface area contributed by atoms with E-state index in [0.717, 1.165) is 5.65 Å². The lowest BCUT2D eigenvalue weighted by Crippen LogP contribution is -2.04. The quantitative estimate of drug-likeness (QED) is 0.693. The van der Waals surface area contributed by atoms with Gasteiger partial charge in [0.25, 0.3) is 0 Å². The molecule has 5 heteroatoms. The van der Waals surface area contributed by atoms with E-state index in [0.29, 0.717) is 18.9 Å². The van der Waals surface area contributed by atoms with Crippen molar-refractivity contribution in [1.82, 2.24) is 14.6 Å². The molecule has 2 heterocycles. The Morgan fingerprint density at radius 1 is 1.43 bits per heavy atom. The Balaban J connectivity index is 2.11. The van der Waals surface area contributed by atoms with Crippen molar-refractivity contribution in [3.8, 4) is 0 Å². The smallest absolute Gasteiger partial charge is 0.243 e. The Morgan fingerprint density at radius 2 is 2.36 bits per heavy atom. The molecular formula is C9H12N4O. The molecule has 2 aromatic heterocycles. The van der Waals surface area contributed by atoms with Gasteiger partial charge >= 0.3 is 0 Å². The third kappa shape index (κ3) is 1.82. The predicted molar refractivity (Wildman–Crippen MR) is 53.2 cm³/mol. The van der Waals surface area contributed by atoms with Crippen molar-refractivity contribution in [3.05, 3.63) is 24.4 Å². The van der Waals surface area contributed by atoms with Crippen LogP contribution in [0.5, 0.6) is 0 Å². The summed E-state index contributed by atoms with van der Waals surface area (Å²) < 4.78 is 1.71. The number of pyridine rings is 1. The minimum absolute atomic E-state index is 0.181. The molecule has 0 spiro atoms. The topological polar surface area (TPSA) is 62.5 Å². The Labute approximate surface area is 81.4 Å². The first kappa shape index (κ1) is 8.96. The molecule has 14 heavy (non-hydrogen) atoms. The molecule has 0 aliphatic carbocycles. The van der Waals surface area contributed by atoms with Gasteiger partial charge in [-0.15, -0.1) is 5.10 Å². The first-order valence-corrected chi connectivity index (χ1v) is 4.56. The summed E-state index contributed by atoms with van der Waals surface area (Å²) in [6.45, 7) is 0.869. The summed E-state index contributed by atoms with van der Waals surface area (Å²) in [5.74, 6) is 0.602. The summed E-state index contributed by atoms with van der Waals surface area (Å²) in [6.07, 6.45) is 2.55. The van der Waals surface area contributed by atoms with Gasteiger partial charge < -0.3 is 10.4 Å². The summed E-state index contributed by atoms with van der Waals surface area (Å²) in [4.78, 5) is 4.24. The summed E-state index contributed by atoms with van der Waals surface area (Å²) in [5.41, 5.74) is 0.819. The van der Waals surface area contributed by atoms with Crippen molar-refractivity contribution in [1.29, 1.82) is 0 Å². The molecule has 0 amide bonds. The van der Waals surface area contributed by atoms with Crippen LogP contribution in [0.25, 0.3) is 5.65 Å². The Morgan fingerprint density at radius 3 is 3.14 bits per heavy atom. The van der Waals surface area contributed by atoms with Crippen molar-refractivity contribution in [2.75, 3.05) is 18.5 Å². The zero-order valence-corrected chi connectivity index (χ0v) is 7.72. The summed E-state index contributed by atoms with van der Waals surface area (Å²) in [5, 5.41) is 15.8. The van der Waals surface area contributed by atoms with E-state index in [4.69, 9.17) is 5.11 Å². The van der Waals surface area contributed by atoms with Gasteiger partial charge in [-0.05, 0) is 18.6 Å². The molecule has 0 saturated heterocycles. The highest BCUT2D eigenvalue weighted by Gasteiger charge is 2.00. The van der Waals surface area contributed by atoms with Crippen molar-refractivity contribution in [2.45, 2.75) is 6.42 Å². The van der Waals surface area contributed by atoms with Crippen molar-refractivity contribution >= 4 is 11.6 Å². The molecule has 0 aromatic carbocycles. The van der Waals surface area contributed by atoms with Gasteiger partial charge in [-0.1, -0.05) is 6.07 Å². The van der Waals surface area contributed by atoms with Gasteiger partial charge in [0.05, 0.1) is 0 Å². The third-order valence-electron chi connectivity index (χ3n) is 1.86. The molecule has 5 nitrogen and oxygen atoms in total. The zero-order chi connectivity index (χ0) is 9.80. The van der Waals surface area contributed by atoms with Gasteiger partial charge in [0.1, 0.15) is 0 Å². The van der Waals surface area contributed by atoms with Crippen LogP contribution in [0.4, 0.5) is 5.95 Å². The van der Waals surface area contributed by atoms with Gasteiger partial charge in [-0.2, -0.15) is 4.98 Å². The van der Waals surface area contributed by atoms with E-state index >= 15 is 0 Å². The second kappa shape index (κ2) is 4.06. The third-order valence-corrected chi connectivity index (χ3v) is 1.86. The van der Waals surface area contributed by atoms with Crippen LogP contribution in [0.15, 0.2) is 24.4 Å². The van der Waals surface area contributed by atoms with Gasteiger partial charge in [-0.3, -0.25) is 0 Å². The normalized spacial score (nSPS) is 10.6. The maximum atomic E-state index is 8.60. The fourth-order valence-electron chi connectivity index (χ4n) is 1.19. The molecule has 74 valence electrons. The monoisotopic (exact) mass is 192 g/mol. The maximum Gasteiger partial charge on any atom is 0.243 e. The SMILES string of the molecule is OCCCNc1nc2ccccn2n1. The van der Waals surface area contributed by atoms with Crippen LogP contribution in [0.1, 0.15) is 6.42 Å². The highest BCUT2D eigenvalue weighted by molar-refractivity contribution is 5.42.